The van der Waals surface area contributed by atoms with Crippen molar-refractivity contribution in [3.8, 4) is 0 Å². The molecule has 3 aromatic rings. The van der Waals surface area contributed by atoms with Crippen molar-refractivity contribution in [2.45, 2.75) is 25.8 Å². The summed E-state index contributed by atoms with van der Waals surface area (Å²) in [7, 11) is 0. The molecule has 0 spiro atoms. The van der Waals surface area contributed by atoms with Crippen LogP contribution >= 0.6 is 11.6 Å². The molecular formula is C22H20ClN3O3. The van der Waals surface area contributed by atoms with Gasteiger partial charge in [-0.1, -0.05) is 48.9 Å². The molecule has 6 nitrogen and oxygen atoms in total. The Bertz CT molecular complexity index is 1140. The quantitative estimate of drug-likeness (QED) is 0.490. The van der Waals surface area contributed by atoms with Crippen LogP contribution < -0.4 is 5.32 Å². The van der Waals surface area contributed by atoms with Crippen molar-refractivity contribution >= 4 is 40.2 Å². The lowest BCUT2D eigenvalue weighted by Gasteiger charge is -2.25. The fraction of sp³-hybridized carbons (Fsp3) is 0.227. The maximum atomic E-state index is 13.3. The predicted octanol–water partition coefficient (Wildman–Crippen LogP) is 4.17. The van der Waals surface area contributed by atoms with Crippen molar-refractivity contribution in [2.75, 3.05) is 6.54 Å². The van der Waals surface area contributed by atoms with Crippen molar-refractivity contribution in [2.24, 2.45) is 0 Å². The first-order valence-electron chi connectivity index (χ1n) is 9.38. The molecule has 1 fully saturated rings. The molecule has 4 rings (SSSR count). The van der Waals surface area contributed by atoms with Crippen molar-refractivity contribution < 1.29 is 14.4 Å². The number of rotatable bonds is 5. The molecule has 1 unspecified atom stereocenters. The van der Waals surface area contributed by atoms with Crippen LogP contribution in [-0.4, -0.2) is 34.2 Å². The van der Waals surface area contributed by atoms with Crippen molar-refractivity contribution in [3.63, 3.8) is 0 Å². The van der Waals surface area contributed by atoms with E-state index in [1.807, 2.05) is 38.1 Å². The molecule has 2 N–H and O–H groups in total. The number of nitrogens with one attached hydrogen (secondary N) is 2. The molecule has 2 heterocycles. The lowest BCUT2D eigenvalue weighted by molar-refractivity contribution is -0.131. The Labute approximate surface area is 172 Å². The van der Waals surface area contributed by atoms with Gasteiger partial charge in [-0.05, 0) is 37.1 Å². The van der Waals surface area contributed by atoms with Crippen LogP contribution in [0.4, 0.5) is 4.79 Å². The number of para-hydroxylation sites is 1. The van der Waals surface area contributed by atoms with Crippen LogP contribution in [0.2, 0.25) is 5.02 Å². The lowest BCUT2D eigenvalue weighted by Crippen LogP contribution is -2.43. The van der Waals surface area contributed by atoms with Crippen LogP contribution in [0.1, 0.15) is 35.0 Å². The molecule has 7 heteroatoms. The minimum Gasteiger partial charge on any atom is -0.358 e. The van der Waals surface area contributed by atoms with Gasteiger partial charge in [0.1, 0.15) is 5.54 Å². The summed E-state index contributed by atoms with van der Waals surface area (Å²) >= 11 is 5.96. The van der Waals surface area contributed by atoms with Crippen LogP contribution in [0.5, 0.6) is 0 Å². The summed E-state index contributed by atoms with van der Waals surface area (Å²) in [6.07, 6.45) is 0.357. The van der Waals surface area contributed by atoms with E-state index in [-0.39, 0.29) is 12.3 Å². The zero-order valence-corrected chi connectivity index (χ0v) is 16.8. The third kappa shape index (κ3) is 3.00. The first-order chi connectivity index (χ1) is 13.9. The number of imide groups is 1. The number of fused-ring (bicyclic) bond motifs is 1. The number of hydrogen-bond acceptors (Lipinski definition) is 3. The number of urea groups is 1. The number of aromatic nitrogens is 1. The van der Waals surface area contributed by atoms with Crippen LogP contribution in [0.3, 0.4) is 0 Å². The molecule has 1 atom stereocenters. The number of halogens is 1. The third-order valence-corrected chi connectivity index (χ3v) is 5.77. The smallest absolute Gasteiger partial charge is 0.325 e. The van der Waals surface area contributed by atoms with Crippen molar-refractivity contribution in [3.05, 3.63) is 70.4 Å². The van der Waals surface area contributed by atoms with Gasteiger partial charge in [0.15, 0.2) is 5.78 Å². The summed E-state index contributed by atoms with van der Waals surface area (Å²) in [6, 6.07) is 13.7. The maximum Gasteiger partial charge on any atom is 0.325 e. The van der Waals surface area contributed by atoms with E-state index in [0.717, 1.165) is 15.8 Å². The van der Waals surface area contributed by atoms with Gasteiger partial charge in [-0.3, -0.25) is 14.5 Å². The van der Waals surface area contributed by atoms with E-state index in [0.29, 0.717) is 28.3 Å². The molecule has 1 saturated heterocycles. The molecule has 3 amide bonds. The minimum atomic E-state index is -1.20. The van der Waals surface area contributed by atoms with Gasteiger partial charge in [0.05, 0.1) is 6.54 Å². The van der Waals surface area contributed by atoms with Crippen LogP contribution in [0.15, 0.2) is 48.5 Å². The molecule has 2 aromatic carbocycles. The summed E-state index contributed by atoms with van der Waals surface area (Å²) in [5.41, 5.74) is 1.50. The van der Waals surface area contributed by atoms with Gasteiger partial charge >= 0.3 is 6.03 Å². The summed E-state index contributed by atoms with van der Waals surface area (Å²) in [6.45, 7) is 3.31. The monoisotopic (exact) mass is 409 g/mol. The molecule has 148 valence electrons. The maximum absolute atomic E-state index is 13.3. The first kappa shape index (κ1) is 19.2. The number of hydrogen-bond donors (Lipinski definition) is 2. The van der Waals surface area contributed by atoms with Crippen LogP contribution in [0.25, 0.3) is 10.9 Å². The van der Waals surface area contributed by atoms with Crippen molar-refractivity contribution in [1.29, 1.82) is 0 Å². The van der Waals surface area contributed by atoms with E-state index in [2.05, 4.69) is 10.3 Å². The Balaban J connectivity index is 1.66. The number of benzene rings is 2. The van der Waals surface area contributed by atoms with Crippen LogP contribution in [0, 0.1) is 6.92 Å². The Morgan fingerprint density at radius 1 is 1.10 bits per heavy atom. The number of H-pyrrole nitrogens is 1. The highest BCUT2D eigenvalue weighted by atomic mass is 35.5. The Morgan fingerprint density at radius 2 is 1.79 bits per heavy atom. The number of amides is 3. The summed E-state index contributed by atoms with van der Waals surface area (Å²) in [4.78, 5) is 43.2. The van der Waals surface area contributed by atoms with Crippen molar-refractivity contribution in [1.82, 2.24) is 15.2 Å². The number of carbonyl (C=O) groups is 3. The van der Waals surface area contributed by atoms with E-state index in [9.17, 15) is 14.4 Å². The van der Waals surface area contributed by atoms with Gasteiger partial charge in [-0.25, -0.2) is 4.79 Å². The zero-order chi connectivity index (χ0) is 20.8. The second kappa shape index (κ2) is 7.04. The highest BCUT2D eigenvalue weighted by Crippen LogP contribution is 2.33. The summed E-state index contributed by atoms with van der Waals surface area (Å²) in [5.74, 6) is -0.718. The molecule has 0 aliphatic carbocycles. The lowest BCUT2D eigenvalue weighted by atomic mass is 9.87. The van der Waals surface area contributed by atoms with Gasteiger partial charge < -0.3 is 10.3 Å². The standard InChI is InChI=1S/C22H20ClN3O3/c1-3-22(14-8-10-15(23)11-9-14)20(28)26(21(29)25-22)12-18(27)19-13(2)24-17-7-5-4-6-16(17)19/h4-11,24H,3,12H2,1-2H3,(H,25,29). The van der Waals surface area contributed by atoms with Gasteiger partial charge in [-0.15, -0.1) is 0 Å². The molecule has 1 aliphatic heterocycles. The molecule has 1 aliphatic rings. The predicted molar refractivity (Wildman–Crippen MR) is 111 cm³/mol. The fourth-order valence-corrected chi connectivity index (χ4v) is 4.13. The van der Waals surface area contributed by atoms with E-state index >= 15 is 0 Å². The summed E-state index contributed by atoms with van der Waals surface area (Å²) in [5, 5.41) is 4.11. The van der Waals surface area contributed by atoms with E-state index in [1.54, 1.807) is 24.3 Å². The number of aromatic amines is 1. The third-order valence-electron chi connectivity index (χ3n) is 5.52. The average Bonchev–Trinajstić information content (AvgIpc) is 3.17. The fourth-order valence-electron chi connectivity index (χ4n) is 4.00. The van der Waals surface area contributed by atoms with E-state index < -0.39 is 17.5 Å². The molecule has 0 bridgehead atoms. The van der Waals surface area contributed by atoms with Gasteiger partial charge in [0, 0.05) is 27.2 Å². The van der Waals surface area contributed by atoms with E-state index in [4.69, 9.17) is 11.6 Å². The van der Waals surface area contributed by atoms with Gasteiger partial charge in [0.2, 0.25) is 0 Å². The van der Waals surface area contributed by atoms with E-state index in [1.165, 1.54) is 0 Å². The molecular weight excluding hydrogens is 390 g/mol. The first-order valence-corrected chi connectivity index (χ1v) is 9.76. The number of nitrogens with zero attached hydrogens (tertiary/aromatic N) is 1. The van der Waals surface area contributed by atoms with Gasteiger partial charge in [0.25, 0.3) is 5.91 Å². The topological polar surface area (TPSA) is 82.3 Å². The minimum absolute atomic E-state index is 0.286. The molecule has 0 radical (unpaired) electrons. The second-order valence-electron chi connectivity index (χ2n) is 7.18. The van der Waals surface area contributed by atoms with Crippen LogP contribution in [-0.2, 0) is 10.3 Å². The zero-order valence-electron chi connectivity index (χ0n) is 16.1. The largest absolute Gasteiger partial charge is 0.358 e. The number of aryl methyl sites for hydroxylation is 1. The number of Topliss-reactive ketones (excluding diaryl/α,β-unsaturated/α-hetero) is 1. The SMILES string of the molecule is CCC1(c2ccc(Cl)cc2)NC(=O)N(CC(=O)c2c(C)[nH]c3ccccc23)C1=O. The Kier molecular flexibility index (Phi) is 4.67. The molecule has 29 heavy (non-hydrogen) atoms. The highest BCUT2D eigenvalue weighted by molar-refractivity contribution is 6.30. The second-order valence-corrected chi connectivity index (χ2v) is 7.62. The molecule has 1 aromatic heterocycles. The number of carbonyl (C=O) groups excluding carboxylic acids is 3. The highest BCUT2D eigenvalue weighted by Gasteiger charge is 2.51. The normalized spacial score (nSPS) is 19.1. The average molecular weight is 410 g/mol. The molecule has 0 saturated carbocycles. The Hall–Kier alpha value is -3.12. The van der Waals surface area contributed by atoms with Gasteiger partial charge in [-0.2, -0.15) is 0 Å². The Morgan fingerprint density at radius 3 is 2.48 bits per heavy atom. The number of ketones is 1. The summed E-state index contributed by atoms with van der Waals surface area (Å²) < 4.78 is 0.